The van der Waals surface area contributed by atoms with Crippen LogP contribution in [-0.2, 0) is 6.54 Å². The zero-order valence-electron chi connectivity index (χ0n) is 10.9. The average molecular weight is 283 g/mol. The highest BCUT2D eigenvalue weighted by Crippen LogP contribution is 2.37. The lowest BCUT2D eigenvalue weighted by atomic mass is 9.89. The zero-order chi connectivity index (χ0) is 13.5. The van der Waals surface area contributed by atoms with Crippen molar-refractivity contribution in [3.8, 4) is 0 Å². The lowest BCUT2D eigenvalue weighted by Crippen LogP contribution is -2.28. The van der Waals surface area contributed by atoms with E-state index in [2.05, 4.69) is 35.6 Å². The van der Waals surface area contributed by atoms with Crippen LogP contribution >= 0.6 is 11.3 Å². The van der Waals surface area contributed by atoms with Crippen molar-refractivity contribution in [2.75, 3.05) is 6.54 Å². The van der Waals surface area contributed by atoms with Gasteiger partial charge in [0.25, 0.3) is 0 Å². The predicted molar refractivity (Wildman–Crippen MR) is 81.8 cm³/mol. The lowest BCUT2D eigenvalue weighted by molar-refractivity contribution is 0.596. The standard InChI is InChI=1S/C17H14FNS/c18-13-5-6-16-12(7-13)8-17(20-16)15-10-19-9-11-3-1-2-4-14(11)15/h1-8,15,19H,9-10H2. The Labute approximate surface area is 121 Å². The lowest BCUT2D eigenvalue weighted by Gasteiger charge is -2.25. The van der Waals surface area contributed by atoms with Gasteiger partial charge in [0, 0.05) is 28.6 Å². The quantitative estimate of drug-likeness (QED) is 0.703. The van der Waals surface area contributed by atoms with Crippen molar-refractivity contribution in [3.05, 3.63) is 70.4 Å². The highest BCUT2D eigenvalue weighted by Gasteiger charge is 2.22. The number of hydrogen-bond donors (Lipinski definition) is 1. The van der Waals surface area contributed by atoms with Crippen LogP contribution in [0.3, 0.4) is 0 Å². The Bertz CT molecular complexity index is 778. The van der Waals surface area contributed by atoms with Gasteiger partial charge in [0.05, 0.1) is 0 Å². The minimum absolute atomic E-state index is 0.163. The van der Waals surface area contributed by atoms with E-state index in [0.29, 0.717) is 5.92 Å². The topological polar surface area (TPSA) is 12.0 Å². The summed E-state index contributed by atoms with van der Waals surface area (Å²) in [5.74, 6) is 0.212. The molecule has 0 fully saturated rings. The van der Waals surface area contributed by atoms with E-state index < -0.39 is 0 Å². The van der Waals surface area contributed by atoms with E-state index in [-0.39, 0.29) is 5.82 Å². The molecule has 0 saturated heterocycles. The third kappa shape index (κ3) is 1.94. The molecule has 0 saturated carbocycles. The maximum Gasteiger partial charge on any atom is 0.123 e. The molecule has 2 aromatic carbocycles. The zero-order valence-corrected chi connectivity index (χ0v) is 11.7. The van der Waals surface area contributed by atoms with Gasteiger partial charge in [-0.3, -0.25) is 0 Å². The van der Waals surface area contributed by atoms with Crippen molar-refractivity contribution in [1.82, 2.24) is 5.32 Å². The van der Waals surface area contributed by atoms with E-state index in [1.165, 1.54) is 22.1 Å². The molecule has 3 heteroatoms. The number of fused-ring (bicyclic) bond motifs is 2. The van der Waals surface area contributed by atoms with Crippen molar-refractivity contribution >= 4 is 21.4 Å². The van der Waals surface area contributed by atoms with Gasteiger partial charge >= 0.3 is 0 Å². The van der Waals surface area contributed by atoms with Gasteiger partial charge < -0.3 is 5.32 Å². The Morgan fingerprint density at radius 1 is 1.10 bits per heavy atom. The van der Waals surface area contributed by atoms with E-state index in [4.69, 9.17) is 0 Å². The number of thiophene rings is 1. The highest BCUT2D eigenvalue weighted by atomic mass is 32.1. The first-order valence-electron chi connectivity index (χ1n) is 6.79. The van der Waals surface area contributed by atoms with E-state index in [9.17, 15) is 4.39 Å². The maximum absolute atomic E-state index is 13.3. The molecule has 0 amide bonds. The van der Waals surface area contributed by atoms with Gasteiger partial charge in [-0.2, -0.15) is 0 Å². The van der Waals surface area contributed by atoms with Crippen molar-refractivity contribution in [1.29, 1.82) is 0 Å². The van der Waals surface area contributed by atoms with Gasteiger partial charge in [0.2, 0.25) is 0 Å². The molecule has 0 aliphatic carbocycles. The molecule has 100 valence electrons. The second-order valence-electron chi connectivity index (χ2n) is 5.21. The number of halogens is 1. The fraction of sp³-hybridized carbons (Fsp3) is 0.176. The SMILES string of the molecule is Fc1ccc2sc(C3CNCc4ccccc43)cc2c1. The summed E-state index contributed by atoms with van der Waals surface area (Å²) in [4.78, 5) is 1.31. The van der Waals surface area contributed by atoms with Crippen LogP contribution < -0.4 is 5.32 Å². The number of rotatable bonds is 1. The monoisotopic (exact) mass is 283 g/mol. The Kier molecular flexibility index (Phi) is 2.83. The fourth-order valence-electron chi connectivity index (χ4n) is 2.96. The van der Waals surface area contributed by atoms with Gasteiger partial charge in [-0.05, 0) is 40.8 Å². The van der Waals surface area contributed by atoms with Crippen molar-refractivity contribution in [2.45, 2.75) is 12.5 Å². The molecular weight excluding hydrogens is 269 g/mol. The average Bonchev–Trinajstić information content (AvgIpc) is 2.89. The molecule has 1 nitrogen and oxygen atoms in total. The molecule has 1 aliphatic rings. The van der Waals surface area contributed by atoms with E-state index in [1.807, 2.05) is 6.07 Å². The fourth-order valence-corrected chi connectivity index (χ4v) is 4.12. The van der Waals surface area contributed by atoms with Crippen LogP contribution in [0.4, 0.5) is 4.39 Å². The summed E-state index contributed by atoms with van der Waals surface area (Å²) in [6, 6.07) is 15.8. The molecule has 1 aliphatic heterocycles. The molecule has 0 spiro atoms. The number of nitrogens with one attached hydrogen (secondary N) is 1. The number of hydrogen-bond acceptors (Lipinski definition) is 2. The summed E-state index contributed by atoms with van der Waals surface area (Å²) in [6.07, 6.45) is 0. The van der Waals surface area contributed by atoms with Crippen LogP contribution in [0.5, 0.6) is 0 Å². The smallest absolute Gasteiger partial charge is 0.123 e. The molecule has 1 aromatic heterocycles. The van der Waals surface area contributed by atoms with Gasteiger partial charge in [-0.15, -0.1) is 11.3 Å². The second kappa shape index (κ2) is 4.69. The van der Waals surface area contributed by atoms with Crippen molar-refractivity contribution < 1.29 is 4.39 Å². The summed E-state index contributed by atoms with van der Waals surface area (Å²) >= 11 is 1.77. The van der Waals surface area contributed by atoms with Gasteiger partial charge in [0.1, 0.15) is 5.82 Å². The Hall–Kier alpha value is -1.71. The van der Waals surface area contributed by atoms with Gasteiger partial charge in [0.15, 0.2) is 0 Å². The Balaban J connectivity index is 1.84. The third-order valence-corrected chi connectivity index (χ3v) is 5.17. The van der Waals surface area contributed by atoms with Gasteiger partial charge in [-0.25, -0.2) is 4.39 Å². The summed E-state index contributed by atoms with van der Waals surface area (Å²) in [5.41, 5.74) is 2.77. The molecule has 20 heavy (non-hydrogen) atoms. The summed E-state index contributed by atoms with van der Waals surface area (Å²) in [7, 11) is 0. The highest BCUT2D eigenvalue weighted by molar-refractivity contribution is 7.19. The minimum Gasteiger partial charge on any atom is -0.312 e. The Morgan fingerprint density at radius 3 is 2.95 bits per heavy atom. The summed E-state index contributed by atoms with van der Waals surface area (Å²) < 4.78 is 14.5. The van der Waals surface area contributed by atoms with Crippen LogP contribution in [0, 0.1) is 5.82 Å². The normalized spacial score (nSPS) is 18.1. The van der Waals surface area contributed by atoms with Crippen LogP contribution in [0.1, 0.15) is 21.9 Å². The van der Waals surface area contributed by atoms with E-state index >= 15 is 0 Å². The molecule has 3 aromatic rings. The van der Waals surface area contributed by atoms with Crippen molar-refractivity contribution in [2.24, 2.45) is 0 Å². The largest absolute Gasteiger partial charge is 0.312 e. The first kappa shape index (κ1) is 12.1. The molecule has 1 atom stereocenters. The van der Waals surface area contributed by atoms with E-state index in [1.54, 1.807) is 17.4 Å². The molecule has 0 bridgehead atoms. The molecule has 4 rings (SSSR count). The summed E-state index contributed by atoms with van der Waals surface area (Å²) in [6.45, 7) is 1.89. The second-order valence-corrected chi connectivity index (χ2v) is 6.33. The molecule has 1 N–H and O–H groups in total. The van der Waals surface area contributed by atoms with Crippen LogP contribution in [-0.4, -0.2) is 6.54 Å². The first-order chi connectivity index (χ1) is 9.81. The summed E-state index contributed by atoms with van der Waals surface area (Å²) in [5, 5.41) is 4.49. The Morgan fingerprint density at radius 2 is 2.00 bits per heavy atom. The number of benzene rings is 2. The van der Waals surface area contributed by atoms with Crippen LogP contribution in [0.15, 0.2) is 48.5 Å². The van der Waals surface area contributed by atoms with E-state index in [0.717, 1.165) is 23.2 Å². The molecule has 0 radical (unpaired) electrons. The van der Waals surface area contributed by atoms with Crippen LogP contribution in [0.25, 0.3) is 10.1 Å². The predicted octanol–water partition coefficient (Wildman–Crippen LogP) is 4.28. The van der Waals surface area contributed by atoms with Gasteiger partial charge in [-0.1, -0.05) is 24.3 Å². The van der Waals surface area contributed by atoms with Crippen molar-refractivity contribution in [3.63, 3.8) is 0 Å². The maximum atomic E-state index is 13.3. The van der Waals surface area contributed by atoms with Crippen LogP contribution in [0.2, 0.25) is 0 Å². The first-order valence-corrected chi connectivity index (χ1v) is 7.60. The molecular formula is C17H14FNS. The third-order valence-electron chi connectivity index (χ3n) is 3.94. The minimum atomic E-state index is -0.163. The molecule has 1 unspecified atom stereocenters. The molecule has 2 heterocycles.